The zero-order valence-electron chi connectivity index (χ0n) is 42.9. The van der Waals surface area contributed by atoms with E-state index in [4.69, 9.17) is 19.2 Å². The van der Waals surface area contributed by atoms with Crippen molar-refractivity contribution in [3.63, 3.8) is 0 Å². The molecular formula is C58H54N6O12P2. The molecule has 0 radical (unpaired) electrons. The van der Waals surface area contributed by atoms with E-state index in [1.807, 2.05) is 97.1 Å². The SMILES string of the molecule is C=C(C)NC(=O)OC.C=C(C)NC(=O)OC.O=C=O.O=C=O.O=c1c2ccccc2c(=O)n2n1[C@H](c1ccccc1)P(CCP1[C@@H](c3ccccc3)n3c(=O)c4ccccc4c(=O)n3[C@@H]1c1ccccc1)[C@H]2c1ccccc1. The maximum Gasteiger partial charge on any atom is 0.411 e. The first-order valence-corrected chi connectivity index (χ1v) is 27.2. The van der Waals surface area contributed by atoms with E-state index in [1.165, 1.54) is 14.2 Å². The number of hydrogen-bond acceptors (Lipinski definition) is 12. The summed E-state index contributed by atoms with van der Waals surface area (Å²) in [6, 6.07) is 54.5. The largest absolute Gasteiger partial charge is 0.453 e. The van der Waals surface area contributed by atoms with Gasteiger partial charge in [-0.15, -0.1) is 0 Å². The van der Waals surface area contributed by atoms with E-state index in [9.17, 15) is 28.8 Å². The van der Waals surface area contributed by atoms with Crippen LogP contribution in [0.25, 0.3) is 21.5 Å². The molecule has 78 heavy (non-hydrogen) atoms. The number of aromatic nitrogens is 4. The number of carbonyl (C=O) groups excluding carboxylic acids is 6. The summed E-state index contributed by atoms with van der Waals surface area (Å²) < 4.78 is 15.5. The van der Waals surface area contributed by atoms with E-state index in [-0.39, 0.29) is 57.7 Å². The Morgan fingerprint density at radius 2 is 0.615 bits per heavy atom. The first-order valence-electron chi connectivity index (χ1n) is 23.9. The molecule has 2 aliphatic rings. The molecule has 18 nitrogen and oxygen atoms in total. The van der Waals surface area contributed by atoms with Gasteiger partial charge < -0.3 is 9.47 Å². The molecule has 0 spiro atoms. The zero-order chi connectivity index (χ0) is 56.5. The Bertz CT molecular complexity index is 3300. The topological polar surface area (TPSA) is 233 Å². The Hall–Kier alpha value is -9.16. The lowest BCUT2D eigenvalue weighted by Crippen LogP contribution is -2.37. The summed E-state index contributed by atoms with van der Waals surface area (Å²) in [6.07, 6.45) is 0.900. The minimum absolute atomic E-state index is 0.187. The molecule has 0 saturated heterocycles. The van der Waals surface area contributed by atoms with Gasteiger partial charge in [0, 0.05) is 11.4 Å². The number of hydrogen-bond donors (Lipinski definition) is 2. The molecular weight excluding hydrogens is 1030 g/mol. The van der Waals surface area contributed by atoms with E-state index in [0.29, 0.717) is 45.3 Å². The monoisotopic (exact) mass is 1090 g/mol. The fourth-order valence-corrected chi connectivity index (χ4v) is 16.9. The van der Waals surface area contributed by atoms with E-state index in [2.05, 4.69) is 81.8 Å². The molecule has 0 unspecified atom stereocenters. The van der Waals surface area contributed by atoms with Gasteiger partial charge in [-0.25, -0.2) is 28.3 Å². The number of ether oxygens (including phenoxy) is 2. The molecule has 0 fully saturated rings. The highest BCUT2D eigenvalue weighted by molar-refractivity contribution is 7.62. The van der Waals surface area contributed by atoms with Crippen molar-refractivity contribution in [1.29, 1.82) is 0 Å². The average Bonchev–Trinajstić information content (AvgIpc) is 4.13. The molecule has 4 atom stereocenters. The molecule has 2 aromatic heterocycles. The normalized spacial score (nSPS) is 15.7. The van der Waals surface area contributed by atoms with Crippen LogP contribution < -0.4 is 32.9 Å². The minimum Gasteiger partial charge on any atom is -0.453 e. The van der Waals surface area contributed by atoms with Gasteiger partial charge in [-0.1, -0.05) is 159 Å². The van der Waals surface area contributed by atoms with Crippen molar-refractivity contribution >= 4 is 61.9 Å². The van der Waals surface area contributed by atoms with Crippen LogP contribution in [0.3, 0.4) is 0 Å². The number of allylic oxidation sites excluding steroid dienone is 2. The molecule has 2 N–H and O–H groups in total. The third kappa shape index (κ3) is 12.9. The molecule has 398 valence electrons. The van der Waals surface area contributed by atoms with Gasteiger partial charge in [0.15, 0.2) is 0 Å². The number of fused-ring (bicyclic) bond motifs is 4. The summed E-state index contributed by atoms with van der Waals surface area (Å²) in [5.41, 5.74) is 4.31. The van der Waals surface area contributed by atoms with Gasteiger partial charge in [-0.05, 0) is 88.5 Å². The summed E-state index contributed by atoms with van der Waals surface area (Å²) in [6.45, 7) is 10.2. The van der Waals surface area contributed by atoms with Crippen molar-refractivity contribution in [3.8, 4) is 0 Å². The third-order valence-corrected chi connectivity index (χ3v) is 18.7. The summed E-state index contributed by atoms with van der Waals surface area (Å²) in [4.78, 5) is 112. The molecule has 10 rings (SSSR count). The second-order valence-electron chi connectivity index (χ2n) is 17.3. The molecule has 4 heterocycles. The molecule has 2 amide bonds. The lowest BCUT2D eigenvalue weighted by molar-refractivity contribution is -0.193. The molecule has 6 aromatic carbocycles. The van der Waals surface area contributed by atoms with Crippen LogP contribution in [0.2, 0.25) is 0 Å². The third-order valence-electron chi connectivity index (χ3n) is 12.3. The molecule has 20 heteroatoms. The summed E-state index contributed by atoms with van der Waals surface area (Å²) in [7, 11) is 0.221. The van der Waals surface area contributed by atoms with Crippen LogP contribution >= 0.6 is 15.8 Å². The average molecular weight is 1090 g/mol. The quantitative estimate of drug-likeness (QED) is 0.129. The van der Waals surface area contributed by atoms with Crippen molar-refractivity contribution in [2.24, 2.45) is 0 Å². The summed E-state index contributed by atoms with van der Waals surface area (Å²) >= 11 is 0. The number of rotatable bonds is 9. The second-order valence-corrected chi connectivity index (χ2v) is 22.2. The van der Waals surface area contributed by atoms with Crippen LogP contribution in [-0.4, -0.2) is 69.8 Å². The predicted octanol–water partition coefficient (Wildman–Crippen LogP) is 9.10. The second kappa shape index (κ2) is 27.6. The standard InChI is InChI=1S/C46H36N4O4P2.2C5H9NO2.2CO2/c51-39-35-25-13-14-26-36(35)40(52)48-44(32-19-7-2-8-20-32)55(43(47(39)48)31-17-5-1-6-18-31)29-30-56-45(33-21-9-3-10-22-33)49-41(53)37-27-15-16-28-38(37)42(54)50(49)46(56)34-23-11-4-12-24-34;2*1-4(2)6-5(7)8-3;2*2-1-3/h1-28,43-46H,29-30H2;2*1H2,2-3H3,(H,6,7);;/t43-,44-,45-,46-;;;;/m0..../s1. The van der Waals surface area contributed by atoms with Crippen LogP contribution in [0.5, 0.6) is 0 Å². The van der Waals surface area contributed by atoms with Gasteiger partial charge in [-0.2, -0.15) is 19.2 Å². The van der Waals surface area contributed by atoms with Gasteiger partial charge in [0.05, 0.1) is 35.8 Å². The van der Waals surface area contributed by atoms with E-state index < -0.39 is 28.0 Å². The zero-order valence-corrected chi connectivity index (χ0v) is 44.7. The maximum absolute atomic E-state index is 14.7. The number of methoxy groups -OCH3 is 2. The van der Waals surface area contributed by atoms with Gasteiger partial charge >= 0.3 is 24.5 Å². The number of alkyl carbamates (subject to hydrolysis) is 2. The fourth-order valence-electron chi connectivity index (χ4n) is 9.34. The van der Waals surface area contributed by atoms with Crippen LogP contribution in [0.1, 0.15) is 59.2 Å². The molecule has 0 saturated carbocycles. The smallest absolute Gasteiger partial charge is 0.411 e. The van der Waals surface area contributed by atoms with Crippen LogP contribution in [0, 0.1) is 0 Å². The number of benzene rings is 6. The Morgan fingerprint density at radius 1 is 0.423 bits per heavy atom. The van der Waals surface area contributed by atoms with Crippen molar-refractivity contribution < 1.29 is 38.2 Å². The molecule has 0 bridgehead atoms. The van der Waals surface area contributed by atoms with Gasteiger partial charge in [0.2, 0.25) is 0 Å². The van der Waals surface area contributed by atoms with Crippen molar-refractivity contribution in [3.05, 3.63) is 258 Å². The van der Waals surface area contributed by atoms with Crippen molar-refractivity contribution in [2.75, 3.05) is 26.5 Å². The van der Waals surface area contributed by atoms with Crippen LogP contribution in [-0.2, 0) is 28.7 Å². The maximum atomic E-state index is 14.7. The highest BCUT2D eigenvalue weighted by atomic mass is 31.1. The Morgan fingerprint density at radius 3 is 0.782 bits per heavy atom. The van der Waals surface area contributed by atoms with E-state index in [0.717, 1.165) is 22.3 Å². The van der Waals surface area contributed by atoms with Gasteiger partial charge in [0.1, 0.15) is 23.1 Å². The number of nitrogens with one attached hydrogen (secondary N) is 2. The first-order chi connectivity index (χ1) is 37.7. The first kappa shape index (κ1) is 58.1. The van der Waals surface area contributed by atoms with Crippen molar-refractivity contribution in [1.82, 2.24) is 29.4 Å². The predicted molar refractivity (Wildman–Crippen MR) is 298 cm³/mol. The Kier molecular flexibility index (Phi) is 20.5. The minimum atomic E-state index is -1.19. The van der Waals surface area contributed by atoms with E-state index in [1.54, 1.807) is 56.8 Å². The Balaban J connectivity index is 0.000000380. The van der Waals surface area contributed by atoms with Gasteiger partial charge in [0.25, 0.3) is 22.2 Å². The number of carbonyl (C=O) groups is 2. The van der Waals surface area contributed by atoms with Crippen molar-refractivity contribution in [2.45, 2.75) is 37.0 Å². The fraction of sp³-hybridized carbons (Fsp3) is 0.172. The van der Waals surface area contributed by atoms with Gasteiger partial charge in [-0.3, -0.25) is 29.8 Å². The summed E-state index contributed by atoms with van der Waals surface area (Å²) in [5.74, 6) is -1.56. The molecule has 8 aromatic rings. The lowest BCUT2D eigenvalue weighted by Gasteiger charge is -2.30. The number of nitrogens with zero attached hydrogens (tertiary/aromatic N) is 4. The summed E-state index contributed by atoms with van der Waals surface area (Å²) in [5, 5.41) is 6.31. The Labute approximate surface area is 449 Å². The molecule has 0 aliphatic carbocycles. The highest BCUT2D eigenvalue weighted by Crippen LogP contribution is 2.71. The molecule has 2 aliphatic heterocycles. The van der Waals surface area contributed by atoms with Crippen LogP contribution in [0.15, 0.2) is 214 Å². The lowest BCUT2D eigenvalue weighted by atomic mass is 10.2. The van der Waals surface area contributed by atoms with E-state index >= 15 is 0 Å². The van der Waals surface area contributed by atoms with Crippen LogP contribution in [0.4, 0.5) is 9.59 Å². The highest BCUT2D eigenvalue weighted by Gasteiger charge is 2.48. The number of amides is 2.